The van der Waals surface area contributed by atoms with Crippen LogP contribution in [0, 0.1) is 0 Å². The van der Waals surface area contributed by atoms with Crippen LogP contribution in [0.5, 0.6) is 0 Å². The SMILES string of the molecule is COCCN(CCO)C(=O)Cc1cccs1. The summed E-state index contributed by atoms with van der Waals surface area (Å²) in [6.45, 7) is 1.38. The van der Waals surface area contributed by atoms with E-state index in [-0.39, 0.29) is 12.5 Å². The van der Waals surface area contributed by atoms with E-state index in [0.717, 1.165) is 4.88 Å². The third-order valence-electron chi connectivity index (χ3n) is 2.19. The van der Waals surface area contributed by atoms with Crippen molar-refractivity contribution in [3.8, 4) is 0 Å². The summed E-state index contributed by atoms with van der Waals surface area (Å²) >= 11 is 1.57. The fraction of sp³-hybridized carbons (Fsp3) is 0.545. The Morgan fingerprint density at radius 3 is 2.94 bits per heavy atom. The highest BCUT2D eigenvalue weighted by molar-refractivity contribution is 7.10. The molecule has 16 heavy (non-hydrogen) atoms. The zero-order valence-corrected chi connectivity index (χ0v) is 10.2. The quantitative estimate of drug-likeness (QED) is 0.769. The van der Waals surface area contributed by atoms with E-state index in [0.29, 0.717) is 26.1 Å². The molecule has 0 aliphatic heterocycles. The summed E-state index contributed by atoms with van der Waals surface area (Å²) in [5.74, 6) is 0.0357. The number of thiophene rings is 1. The molecule has 1 N–H and O–H groups in total. The second-order valence-electron chi connectivity index (χ2n) is 3.35. The molecule has 1 rings (SSSR count). The number of methoxy groups -OCH3 is 1. The molecule has 0 unspecified atom stereocenters. The topological polar surface area (TPSA) is 49.8 Å². The van der Waals surface area contributed by atoms with Gasteiger partial charge < -0.3 is 14.7 Å². The van der Waals surface area contributed by atoms with Gasteiger partial charge in [0.2, 0.25) is 5.91 Å². The summed E-state index contributed by atoms with van der Waals surface area (Å²) in [6.07, 6.45) is 0.404. The van der Waals surface area contributed by atoms with E-state index >= 15 is 0 Å². The summed E-state index contributed by atoms with van der Waals surface area (Å²) in [7, 11) is 1.60. The second kappa shape index (κ2) is 7.38. The van der Waals surface area contributed by atoms with Crippen molar-refractivity contribution in [3.63, 3.8) is 0 Å². The molecule has 0 spiro atoms. The van der Waals surface area contributed by atoms with Gasteiger partial charge >= 0.3 is 0 Å². The number of nitrogens with zero attached hydrogens (tertiary/aromatic N) is 1. The van der Waals surface area contributed by atoms with Crippen LogP contribution in [0.2, 0.25) is 0 Å². The van der Waals surface area contributed by atoms with E-state index in [9.17, 15) is 4.79 Å². The van der Waals surface area contributed by atoms with E-state index in [4.69, 9.17) is 9.84 Å². The van der Waals surface area contributed by atoms with Gasteiger partial charge in [0.05, 0.1) is 19.6 Å². The van der Waals surface area contributed by atoms with Gasteiger partial charge in [0.15, 0.2) is 0 Å². The molecule has 0 aromatic carbocycles. The summed E-state index contributed by atoms with van der Waals surface area (Å²) in [5.41, 5.74) is 0. The van der Waals surface area contributed by atoms with Crippen molar-refractivity contribution >= 4 is 17.2 Å². The molecule has 0 saturated carbocycles. The van der Waals surface area contributed by atoms with Gasteiger partial charge in [0.25, 0.3) is 0 Å². The zero-order valence-electron chi connectivity index (χ0n) is 9.39. The molecule has 1 heterocycles. The number of aliphatic hydroxyl groups is 1. The van der Waals surface area contributed by atoms with Crippen LogP contribution >= 0.6 is 11.3 Å². The van der Waals surface area contributed by atoms with Crippen LogP contribution in [0.3, 0.4) is 0 Å². The van der Waals surface area contributed by atoms with Gasteiger partial charge in [-0.05, 0) is 11.4 Å². The zero-order chi connectivity index (χ0) is 11.8. The Morgan fingerprint density at radius 2 is 2.38 bits per heavy atom. The first-order chi connectivity index (χ1) is 7.77. The van der Waals surface area contributed by atoms with Crippen molar-refractivity contribution in [2.45, 2.75) is 6.42 Å². The number of ether oxygens (including phenoxy) is 1. The molecule has 0 saturated heterocycles. The van der Waals surface area contributed by atoms with Crippen molar-refractivity contribution in [2.75, 3.05) is 33.4 Å². The van der Waals surface area contributed by atoms with Crippen molar-refractivity contribution in [1.82, 2.24) is 4.90 Å². The smallest absolute Gasteiger partial charge is 0.227 e. The standard InChI is InChI=1S/C11H17NO3S/c1-15-7-5-12(4-6-13)11(14)9-10-3-2-8-16-10/h2-3,8,13H,4-7,9H2,1H3. The normalized spacial score (nSPS) is 10.4. The monoisotopic (exact) mass is 243 g/mol. The summed E-state index contributed by atoms with van der Waals surface area (Å²) in [6, 6.07) is 3.87. The minimum absolute atomic E-state index is 0.0140. The van der Waals surface area contributed by atoms with Gasteiger partial charge in [-0.2, -0.15) is 0 Å². The Labute approximate surface area is 99.5 Å². The van der Waals surface area contributed by atoms with Gasteiger partial charge in [0, 0.05) is 25.1 Å². The van der Waals surface area contributed by atoms with Crippen LogP contribution in [0.15, 0.2) is 17.5 Å². The molecule has 0 atom stereocenters. The molecule has 0 aliphatic carbocycles. The van der Waals surface area contributed by atoms with E-state index < -0.39 is 0 Å². The average Bonchev–Trinajstić information content (AvgIpc) is 2.76. The molecular weight excluding hydrogens is 226 g/mol. The average molecular weight is 243 g/mol. The highest BCUT2D eigenvalue weighted by Crippen LogP contribution is 2.10. The molecule has 5 heteroatoms. The van der Waals surface area contributed by atoms with Crippen LogP contribution in [0.1, 0.15) is 4.88 Å². The number of amides is 1. The second-order valence-corrected chi connectivity index (χ2v) is 4.39. The van der Waals surface area contributed by atoms with Gasteiger partial charge in [0.1, 0.15) is 0 Å². The first kappa shape index (κ1) is 13.2. The minimum atomic E-state index is -0.0140. The lowest BCUT2D eigenvalue weighted by Gasteiger charge is -2.20. The number of aliphatic hydroxyl groups excluding tert-OH is 1. The number of carbonyl (C=O) groups is 1. The molecule has 0 bridgehead atoms. The molecular formula is C11H17NO3S. The maximum Gasteiger partial charge on any atom is 0.227 e. The number of carbonyl (C=O) groups excluding carboxylic acids is 1. The van der Waals surface area contributed by atoms with E-state index in [1.807, 2.05) is 17.5 Å². The maximum atomic E-state index is 11.9. The summed E-state index contributed by atoms with van der Waals surface area (Å²) in [5, 5.41) is 10.8. The predicted octanol–water partition coefficient (Wildman–Crippen LogP) is 0.758. The number of hydrogen-bond acceptors (Lipinski definition) is 4. The Balaban J connectivity index is 2.46. The Kier molecular flexibility index (Phi) is 6.07. The fourth-order valence-electron chi connectivity index (χ4n) is 1.36. The largest absolute Gasteiger partial charge is 0.395 e. The van der Waals surface area contributed by atoms with Crippen LogP contribution in [0.25, 0.3) is 0 Å². The Hall–Kier alpha value is -0.910. The molecule has 1 aromatic heterocycles. The summed E-state index contributed by atoms with van der Waals surface area (Å²) in [4.78, 5) is 14.5. The lowest BCUT2D eigenvalue weighted by Crippen LogP contribution is -2.37. The van der Waals surface area contributed by atoms with Crippen molar-refractivity contribution in [1.29, 1.82) is 0 Å². The van der Waals surface area contributed by atoms with E-state index in [1.54, 1.807) is 23.3 Å². The van der Waals surface area contributed by atoms with E-state index in [2.05, 4.69) is 0 Å². The van der Waals surface area contributed by atoms with Crippen LogP contribution < -0.4 is 0 Å². The van der Waals surface area contributed by atoms with Gasteiger partial charge in [-0.25, -0.2) is 0 Å². The molecule has 0 aliphatic rings. The van der Waals surface area contributed by atoms with Crippen molar-refractivity contribution in [2.24, 2.45) is 0 Å². The molecule has 90 valence electrons. The van der Waals surface area contributed by atoms with Crippen molar-refractivity contribution in [3.05, 3.63) is 22.4 Å². The van der Waals surface area contributed by atoms with Gasteiger partial charge in [-0.3, -0.25) is 4.79 Å². The van der Waals surface area contributed by atoms with E-state index in [1.165, 1.54) is 0 Å². The Bertz CT molecular complexity index is 300. The predicted molar refractivity (Wildman–Crippen MR) is 63.6 cm³/mol. The first-order valence-electron chi connectivity index (χ1n) is 5.18. The molecule has 4 nitrogen and oxygen atoms in total. The fourth-order valence-corrected chi connectivity index (χ4v) is 2.05. The lowest BCUT2D eigenvalue weighted by atomic mass is 10.3. The van der Waals surface area contributed by atoms with Crippen LogP contribution in [-0.2, 0) is 16.0 Å². The van der Waals surface area contributed by atoms with Crippen LogP contribution in [-0.4, -0.2) is 49.3 Å². The van der Waals surface area contributed by atoms with Crippen molar-refractivity contribution < 1.29 is 14.6 Å². The highest BCUT2D eigenvalue weighted by Gasteiger charge is 2.13. The van der Waals surface area contributed by atoms with Crippen LogP contribution in [0.4, 0.5) is 0 Å². The lowest BCUT2D eigenvalue weighted by molar-refractivity contribution is -0.131. The highest BCUT2D eigenvalue weighted by atomic mass is 32.1. The first-order valence-corrected chi connectivity index (χ1v) is 6.06. The minimum Gasteiger partial charge on any atom is -0.395 e. The summed E-state index contributed by atoms with van der Waals surface area (Å²) < 4.78 is 4.93. The third kappa shape index (κ3) is 4.30. The number of rotatable bonds is 7. The van der Waals surface area contributed by atoms with Gasteiger partial charge in [-0.15, -0.1) is 11.3 Å². The number of hydrogen-bond donors (Lipinski definition) is 1. The molecule has 1 aromatic rings. The Morgan fingerprint density at radius 1 is 1.56 bits per heavy atom. The molecule has 1 amide bonds. The molecule has 0 fully saturated rings. The van der Waals surface area contributed by atoms with Gasteiger partial charge in [-0.1, -0.05) is 6.07 Å². The molecule has 0 radical (unpaired) electrons. The maximum absolute atomic E-state index is 11.9. The third-order valence-corrected chi connectivity index (χ3v) is 3.07.